The maximum Gasteiger partial charge on any atom is 0.0715 e. The molecule has 25 heavy (non-hydrogen) atoms. The minimum atomic E-state index is 0.348. The average molecular weight is 349 g/mol. The lowest BCUT2D eigenvalue weighted by atomic mass is 9.80. The van der Waals surface area contributed by atoms with Crippen LogP contribution in [0.3, 0.4) is 0 Å². The van der Waals surface area contributed by atoms with Crippen molar-refractivity contribution in [1.29, 1.82) is 0 Å². The van der Waals surface area contributed by atoms with Gasteiger partial charge in [0.05, 0.1) is 25.4 Å². The van der Waals surface area contributed by atoms with Gasteiger partial charge in [-0.2, -0.15) is 0 Å². The van der Waals surface area contributed by atoms with Crippen molar-refractivity contribution >= 4 is 0 Å². The van der Waals surface area contributed by atoms with Gasteiger partial charge in [-0.25, -0.2) is 0 Å². The van der Waals surface area contributed by atoms with Gasteiger partial charge in [0, 0.05) is 14.2 Å². The fraction of sp³-hybridized carbons (Fsp3) is 0.727. The van der Waals surface area contributed by atoms with E-state index in [0.717, 1.165) is 12.8 Å². The summed E-state index contributed by atoms with van der Waals surface area (Å²) >= 11 is 0. The van der Waals surface area contributed by atoms with E-state index in [1.54, 1.807) is 14.2 Å². The van der Waals surface area contributed by atoms with Crippen molar-refractivity contribution in [3.8, 4) is 0 Å². The molecule has 1 aromatic rings. The molecule has 0 heterocycles. The topological polar surface area (TPSA) is 27.7 Å². The molecule has 0 saturated heterocycles. The highest BCUT2D eigenvalue weighted by Crippen LogP contribution is 2.33. The Morgan fingerprint density at radius 3 is 2.20 bits per heavy atom. The molecule has 1 fully saturated rings. The van der Waals surface area contributed by atoms with Gasteiger partial charge in [-0.05, 0) is 62.1 Å². The summed E-state index contributed by atoms with van der Waals surface area (Å²) in [6.45, 7) is 7.88. The highest BCUT2D eigenvalue weighted by molar-refractivity contribution is 5.39. The summed E-state index contributed by atoms with van der Waals surface area (Å²) in [4.78, 5) is 0. The fourth-order valence-corrected chi connectivity index (χ4v) is 4.05. The zero-order valence-corrected chi connectivity index (χ0v) is 16.8. The first-order chi connectivity index (χ1) is 12.1. The van der Waals surface area contributed by atoms with Crippen LogP contribution < -0.4 is 0 Å². The minimum absolute atomic E-state index is 0.348. The lowest BCUT2D eigenvalue weighted by Gasteiger charge is -2.34. The first kappa shape index (κ1) is 20.4. The van der Waals surface area contributed by atoms with E-state index >= 15 is 0 Å². The Bertz CT molecular complexity index is 499. The molecule has 0 spiro atoms. The lowest BCUT2D eigenvalue weighted by Crippen LogP contribution is -2.32. The van der Waals surface area contributed by atoms with E-state index in [4.69, 9.17) is 14.2 Å². The Labute approximate surface area is 154 Å². The zero-order valence-electron chi connectivity index (χ0n) is 16.8. The van der Waals surface area contributed by atoms with Crippen molar-refractivity contribution in [2.75, 3.05) is 14.2 Å². The molecule has 3 nitrogen and oxygen atoms in total. The smallest absolute Gasteiger partial charge is 0.0715 e. The van der Waals surface area contributed by atoms with Crippen LogP contribution in [0.4, 0.5) is 0 Å². The van der Waals surface area contributed by atoms with Crippen LogP contribution >= 0.6 is 0 Å². The Balaban J connectivity index is 2.25. The maximum atomic E-state index is 6.39. The molecule has 3 unspecified atom stereocenters. The van der Waals surface area contributed by atoms with Crippen LogP contribution in [-0.2, 0) is 33.8 Å². The molecule has 1 aliphatic rings. The molecule has 0 aliphatic heterocycles. The summed E-state index contributed by atoms with van der Waals surface area (Å²) in [6, 6.07) is 4.54. The van der Waals surface area contributed by atoms with E-state index in [0.29, 0.717) is 31.3 Å². The normalized spacial score (nSPS) is 22.1. The molecule has 0 aromatic heterocycles. The van der Waals surface area contributed by atoms with E-state index < -0.39 is 0 Å². The first-order valence-electron chi connectivity index (χ1n) is 9.83. The summed E-state index contributed by atoms with van der Waals surface area (Å²) in [5.74, 6) is 0.594. The molecule has 0 radical (unpaired) electrons. The van der Waals surface area contributed by atoms with Crippen LogP contribution in [0.25, 0.3) is 0 Å². The van der Waals surface area contributed by atoms with Crippen molar-refractivity contribution < 1.29 is 14.2 Å². The average Bonchev–Trinajstić information content (AvgIpc) is 2.59. The highest BCUT2D eigenvalue weighted by Gasteiger charge is 2.28. The Morgan fingerprint density at radius 1 is 1.04 bits per heavy atom. The zero-order chi connectivity index (χ0) is 18.2. The lowest BCUT2D eigenvalue weighted by molar-refractivity contribution is -0.0534. The monoisotopic (exact) mass is 348 g/mol. The Morgan fingerprint density at radius 2 is 1.64 bits per heavy atom. The predicted molar refractivity (Wildman–Crippen MR) is 103 cm³/mol. The summed E-state index contributed by atoms with van der Waals surface area (Å²) in [5.41, 5.74) is 5.31. The van der Waals surface area contributed by atoms with Gasteiger partial charge in [0.2, 0.25) is 0 Å². The van der Waals surface area contributed by atoms with Crippen molar-refractivity contribution in [2.24, 2.45) is 5.92 Å². The SMILES string of the molecule is CCC(C)OC1CCCCC1Cc1c(COC)cc(C)cc1COC. The van der Waals surface area contributed by atoms with Gasteiger partial charge in [-0.3, -0.25) is 0 Å². The highest BCUT2D eigenvalue weighted by atomic mass is 16.5. The largest absolute Gasteiger partial charge is 0.380 e. The van der Waals surface area contributed by atoms with Crippen LogP contribution in [0.5, 0.6) is 0 Å². The number of aryl methyl sites for hydroxylation is 1. The molecule has 142 valence electrons. The van der Waals surface area contributed by atoms with E-state index in [1.165, 1.54) is 47.9 Å². The second-order valence-corrected chi connectivity index (χ2v) is 7.57. The van der Waals surface area contributed by atoms with Crippen molar-refractivity contribution in [2.45, 2.75) is 84.7 Å². The summed E-state index contributed by atoms with van der Waals surface area (Å²) in [7, 11) is 3.55. The summed E-state index contributed by atoms with van der Waals surface area (Å²) in [6.07, 6.45) is 7.94. The molecule has 0 N–H and O–H groups in total. The molecule has 1 aromatic carbocycles. The van der Waals surface area contributed by atoms with Crippen molar-refractivity contribution in [3.05, 3.63) is 34.4 Å². The number of methoxy groups -OCH3 is 2. The molecule has 2 rings (SSSR count). The number of ether oxygens (including phenoxy) is 3. The molecule has 3 heteroatoms. The Kier molecular flexibility index (Phi) is 8.41. The van der Waals surface area contributed by atoms with Gasteiger partial charge < -0.3 is 14.2 Å². The van der Waals surface area contributed by atoms with Crippen LogP contribution in [0.15, 0.2) is 12.1 Å². The van der Waals surface area contributed by atoms with Gasteiger partial charge in [0.15, 0.2) is 0 Å². The minimum Gasteiger partial charge on any atom is -0.380 e. The van der Waals surface area contributed by atoms with E-state index in [-0.39, 0.29) is 0 Å². The number of benzene rings is 1. The fourth-order valence-electron chi connectivity index (χ4n) is 4.05. The van der Waals surface area contributed by atoms with Crippen molar-refractivity contribution in [3.63, 3.8) is 0 Å². The molecule has 0 bridgehead atoms. The van der Waals surface area contributed by atoms with Gasteiger partial charge >= 0.3 is 0 Å². The van der Waals surface area contributed by atoms with Crippen LogP contribution in [0.2, 0.25) is 0 Å². The van der Waals surface area contributed by atoms with Gasteiger partial charge in [-0.15, -0.1) is 0 Å². The molecule has 1 saturated carbocycles. The van der Waals surface area contributed by atoms with Crippen LogP contribution in [0, 0.1) is 12.8 Å². The quantitative estimate of drug-likeness (QED) is 0.613. The third-order valence-electron chi connectivity index (χ3n) is 5.47. The second-order valence-electron chi connectivity index (χ2n) is 7.57. The van der Waals surface area contributed by atoms with E-state index in [9.17, 15) is 0 Å². The van der Waals surface area contributed by atoms with Crippen molar-refractivity contribution in [1.82, 2.24) is 0 Å². The molecule has 1 aliphatic carbocycles. The van der Waals surface area contributed by atoms with Gasteiger partial charge in [-0.1, -0.05) is 37.5 Å². The predicted octanol–water partition coefficient (Wildman–Crippen LogP) is 5.20. The number of hydrogen-bond acceptors (Lipinski definition) is 3. The third-order valence-corrected chi connectivity index (χ3v) is 5.47. The maximum absolute atomic E-state index is 6.39. The van der Waals surface area contributed by atoms with E-state index in [1.807, 2.05) is 0 Å². The molecule has 0 amide bonds. The standard InChI is InChI=1S/C22H36O3/c1-6-17(3)25-22-10-8-7-9-18(22)13-21-19(14-23-4)11-16(2)12-20(21)15-24-5/h11-12,17-18,22H,6-10,13-15H2,1-5H3. The van der Waals surface area contributed by atoms with Gasteiger partial charge in [0.25, 0.3) is 0 Å². The summed E-state index contributed by atoms with van der Waals surface area (Å²) < 4.78 is 17.4. The molecular formula is C22H36O3. The third kappa shape index (κ3) is 5.80. The molecular weight excluding hydrogens is 312 g/mol. The van der Waals surface area contributed by atoms with Crippen LogP contribution in [-0.4, -0.2) is 26.4 Å². The summed E-state index contributed by atoms with van der Waals surface area (Å²) in [5, 5.41) is 0. The Hall–Kier alpha value is -0.900. The number of rotatable bonds is 9. The van der Waals surface area contributed by atoms with Crippen LogP contribution in [0.1, 0.15) is 68.2 Å². The first-order valence-corrected chi connectivity index (χ1v) is 9.83. The second kappa shape index (κ2) is 10.3. The number of hydrogen-bond donors (Lipinski definition) is 0. The van der Waals surface area contributed by atoms with E-state index in [2.05, 4.69) is 32.9 Å². The van der Waals surface area contributed by atoms with Gasteiger partial charge in [0.1, 0.15) is 0 Å². The molecule has 3 atom stereocenters.